The summed E-state index contributed by atoms with van der Waals surface area (Å²) in [5, 5.41) is 3.62. The summed E-state index contributed by atoms with van der Waals surface area (Å²) in [4.78, 5) is 6.88. The Labute approximate surface area is 174 Å². The van der Waals surface area contributed by atoms with Crippen molar-refractivity contribution in [2.45, 2.75) is 24.7 Å². The molecule has 1 atom stereocenters. The van der Waals surface area contributed by atoms with Crippen molar-refractivity contribution < 1.29 is 9.47 Å². The predicted molar refractivity (Wildman–Crippen MR) is 117 cm³/mol. The molecule has 1 saturated carbocycles. The minimum atomic E-state index is 0. The zero-order valence-corrected chi connectivity index (χ0v) is 18.3. The Balaban J connectivity index is 0.00000243. The monoisotopic (exact) mass is 473 g/mol. The Bertz CT molecular complexity index is 563. The molecule has 5 nitrogen and oxygen atoms in total. The maximum Gasteiger partial charge on any atom is 0.193 e. The molecule has 0 spiro atoms. The number of halogens is 1. The number of aliphatic imine (C=N–C) groups is 1. The van der Waals surface area contributed by atoms with Crippen LogP contribution >= 0.6 is 24.0 Å². The molecule has 1 aromatic rings. The number of guanidine groups is 1. The molecule has 2 aliphatic rings. The van der Waals surface area contributed by atoms with E-state index in [4.69, 9.17) is 9.47 Å². The molecule has 1 N–H and O–H groups in total. The zero-order chi connectivity index (χ0) is 17.5. The normalized spacial score (nSPS) is 21.4. The molecule has 0 aromatic heterocycles. The Hall–Kier alpha value is -0.860. The second-order valence-corrected chi connectivity index (χ2v) is 7.22. The highest BCUT2D eigenvalue weighted by Gasteiger charge is 2.44. The molecule has 1 aliphatic heterocycles. The summed E-state index contributed by atoms with van der Waals surface area (Å²) >= 11 is 0. The lowest BCUT2D eigenvalue weighted by Gasteiger charge is -2.24. The lowest BCUT2D eigenvalue weighted by atomic mass is 9.96. The molecule has 1 saturated heterocycles. The molecule has 1 aliphatic carbocycles. The van der Waals surface area contributed by atoms with Crippen molar-refractivity contribution in [1.82, 2.24) is 10.2 Å². The molecule has 146 valence electrons. The van der Waals surface area contributed by atoms with Gasteiger partial charge in [-0.25, -0.2) is 0 Å². The third kappa shape index (κ3) is 5.57. The molecule has 2 fully saturated rings. The van der Waals surface area contributed by atoms with E-state index in [1.54, 1.807) is 7.11 Å². The molecular weight excluding hydrogens is 441 g/mol. The van der Waals surface area contributed by atoms with Gasteiger partial charge in [0.05, 0.1) is 19.8 Å². The van der Waals surface area contributed by atoms with Crippen LogP contribution in [-0.4, -0.2) is 64.5 Å². The predicted octanol–water partition coefficient (Wildman–Crippen LogP) is 2.90. The van der Waals surface area contributed by atoms with E-state index in [0.29, 0.717) is 24.5 Å². The summed E-state index contributed by atoms with van der Waals surface area (Å²) < 4.78 is 10.7. The van der Waals surface area contributed by atoms with Gasteiger partial charge in [0.1, 0.15) is 0 Å². The van der Waals surface area contributed by atoms with Crippen molar-refractivity contribution in [1.29, 1.82) is 0 Å². The van der Waals surface area contributed by atoms with Crippen LogP contribution in [0.4, 0.5) is 0 Å². The minimum Gasteiger partial charge on any atom is -0.382 e. The summed E-state index contributed by atoms with van der Waals surface area (Å²) in [5.74, 6) is 1.61. The van der Waals surface area contributed by atoms with Gasteiger partial charge >= 0.3 is 0 Å². The van der Waals surface area contributed by atoms with Gasteiger partial charge in [0.2, 0.25) is 0 Å². The van der Waals surface area contributed by atoms with E-state index < -0.39 is 0 Å². The molecule has 0 bridgehead atoms. The molecule has 3 rings (SSSR count). The Morgan fingerprint density at radius 1 is 1.27 bits per heavy atom. The van der Waals surface area contributed by atoms with Gasteiger partial charge in [-0.3, -0.25) is 4.99 Å². The van der Waals surface area contributed by atoms with Crippen LogP contribution in [0.3, 0.4) is 0 Å². The van der Waals surface area contributed by atoms with Crippen LogP contribution in [0.25, 0.3) is 0 Å². The summed E-state index contributed by atoms with van der Waals surface area (Å²) in [6.45, 7) is 5.20. The van der Waals surface area contributed by atoms with Gasteiger partial charge < -0.3 is 19.7 Å². The molecule has 0 amide bonds. The number of benzene rings is 1. The van der Waals surface area contributed by atoms with Gasteiger partial charge in [0, 0.05) is 45.1 Å². The highest BCUT2D eigenvalue weighted by atomic mass is 127. The van der Waals surface area contributed by atoms with Crippen LogP contribution in [0.1, 0.15) is 24.8 Å². The fourth-order valence-corrected chi connectivity index (χ4v) is 3.64. The lowest BCUT2D eigenvalue weighted by molar-refractivity contribution is 0.0536. The number of hydrogen-bond donors (Lipinski definition) is 1. The molecule has 1 heterocycles. The first kappa shape index (κ1) is 21.4. The van der Waals surface area contributed by atoms with E-state index in [2.05, 4.69) is 45.5 Å². The molecule has 0 radical (unpaired) electrons. The Morgan fingerprint density at radius 2 is 2.04 bits per heavy atom. The first-order chi connectivity index (χ1) is 12.3. The number of methoxy groups -OCH3 is 1. The second-order valence-electron chi connectivity index (χ2n) is 7.22. The maximum absolute atomic E-state index is 5.69. The number of nitrogens with one attached hydrogen (secondary N) is 1. The van der Waals surface area contributed by atoms with Crippen molar-refractivity contribution >= 4 is 29.9 Å². The summed E-state index contributed by atoms with van der Waals surface area (Å²) in [5.41, 5.74) is 1.75. The van der Waals surface area contributed by atoms with Gasteiger partial charge in [0.25, 0.3) is 0 Å². The summed E-state index contributed by atoms with van der Waals surface area (Å²) in [6.07, 6.45) is 3.69. The summed E-state index contributed by atoms with van der Waals surface area (Å²) in [7, 11) is 3.59. The highest BCUT2D eigenvalue weighted by molar-refractivity contribution is 14.0. The minimum absolute atomic E-state index is 0. The van der Waals surface area contributed by atoms with Gasteiger partial charge in [-0.05, 0) is 24.8 Å². The van der Waals surface area contributed by atoms with Crippen molar-refractivity contribution in [2.75, 3.05) is 53.6 Å². The van der Waals surface area contributed by atoms with Crippen molar-refractivity contribution in [2.24, 2.45) is 10.9 Å². The quantitative estimate of drug-likeness (QED) is 0.273. The van der Waals surface area contributed by atoms with E-state index in [1.165, 1.54) is 18.4 Å². The average molecular weight is 473 g/mol. The number of nitrogens with zero attached hydrogens (tertiary/aromatic N) is 2. The largest absolute Gasteiger partial charge is 0.382 e. The van der Waals surface area contributed by atoms with E-state index in [-0.39, 0.29) is 24.0 Å². The van der Waals surface area contributed by atoms with E-state index in [1.807, 2.05) is 7.05 Å². The standard InChI is InChI=1S/C20H31N3O2.HI/c1-21-19(23-11-8-17(14-23)15-25-13-12-24-2)22-16-20(9-10-20)18-6-4-3-5-7-18;/h3-7,17H,8-16H2,1-2H3,(H,21,22);1H. The smallest absolute Gasteiger partial charge is 0.193 e. The first-order valence-corrected chi connectivity index (χ1v) is 9.35. The van der Waals surface area contributed by atoms with Gasteiger partial charge in [-0.2, -0.15) is 0 Å². The molecule has 6 heteroatoms. The van der Waals surface area contributed by atoms with Gasteiger partial charge in [-0.15, -0.1) is 24.0 Å². The first-order valence-electron chi connectivity index (χ1n) is 9.35. The number of likely N-dealkylation sites (tertiary alicyclic amines) is 1. The lowest BCUT2D eigenvalue weighted by Crippen LogP contribution is -2.43. The van der Waals surface area contributed by atoms with Crippen LogP contribution in [0, 0.1) is 5.92 Å². The van der Waals surface area contributed by atoms with Crippen LogP contribution in [0.15, 0.2) is 35.3 Å². The zero-order valence-electron chi connectivity index (χ0n) is 15.9. The topological polar surface area (TPSA) is 46.1 Å². The Kier molecular flexibility index (Phi) is 8.63. The third-order valence-corrected chi connectivity index (χ3v) is 5.41. The number of hydrogen-bond acceptors (Lipinski definition) is 3. The summed E-state index contributed by atoms with van der Waals surface area (Å²) in [6, 6.07) is 10.9. The van der Waals surface area contributed by atoms with Crippen molar-refractivity contribution in [3.8, 4) is 0 Å². The van der Waals surface area contributed by atoms with Crippen LogP contribution in [-0.2, 0) is 14.9 Å². The van der Waals surface area contributed by atoms with Crippen LogP contribution in [0.5, 0.6) is 0 Å². The van der Waals surface area contributed by atoms with Crippen molar-refractivity contribution in [3.05, 3.63) is 35.9 Å². The van der Waals surface area contributed by atoms with Gasteiger partial charge in [0.15, 0.2) is 5.96 Å². The van der Waals surface area contributed by atoms with Crippen molar-refractivity contribution in [3.63, 3.8) is 0 Å². The van der Waals surface area contributed by atoms with Gasteiger partial charge in [-0.1, -0.05) is 30.3 Å². The molecule has 1 unspecified atom stereocenters. The van der Waals surface area contributed by atoms with E-state index >= 15 is 0 Å². The van der Waals surface area contributed by atoms with E-state index in [0.717, 1.165) is 38.6 Å². The Morgan fingerprint density at radius 3 is 2.69 bits per heavy atom. The molecular formula is C20H32IN3O2. The number of rotatable bonds is 8. The maximum atomic E-state index is 5.69. The van der Waals surface area contributed by atoms with E-state index in [9.17, 15) is 0 Å². The third-order valence-electron chi connectivity index (χ3n) is 5.41. The fraction of sp³-hybridized carbons (Fsp3) is 0.650. The van der Waals surface area contributed by atoms with Crippen LogP contribution in [0.2, 0.25) is 0 Å². The van der Waals surface area contributed by atoms with Crippen LogP contribution < -0.4 is 5.32 Å². The second kappa shape index (κ2) is 10.5. The number of ether oxygens (including phenoxy) is 2. The SMILES string of the molecule is CN=C(NCC1(c2ccccc2)CC1)N1CCC(COCCOC)C1.I. The molecule has 26 heavy (non-hydrogen) atoms. The fourth-order valence-electron chi connectivity index (χ4n) is 3.64. The molecule has 1 aromatic carbocycles. The average Bonchev–Trinajstić information content (AvgIpc) is 3.31. The highest BCUT2D eigenvalue weighted by Crippen LogP contribution is 2.47.